The number of imide groups is 1. The second-order valence-corrected chi connectivity index (χ2v) is 8.66. The zero-order valence-corrected chi connectivity index (χ0v) is 16.9. The van der Waals surface area contributed by atoms with Gasteiger partial charge < -0.3 is 10.3 Å². The standard InChI is InChI=1S/C22H21N3O3S/c1-2-13-5-3-6-14-15(11-23-19(13)14)17(26)12-25-20(27)22(24-21(25)28)9-4-7-18-16(22)8-10-29-18/h3,5-6,8,10-11,23H,2,4,7,9,12H2,1H3,(H,24,28)/t22-/m1/s1. The van der Waals surface area contributed by atoms with Crippen LogP contribution in [0.2, 0.25) is 0 Å². The summed E-state index contributed by atoms with van der Waals surface area (Å²) in [6, 6.07) is 7.28. The number of nitrogens with one attached hydrogen (secondary N) is 2. The molecule has 0 unspecified atom stereocenters. The number of carbonyl (C=O) groups is 3. The summed E-state index contributed by atoms with van der Waals surface area (Å²) in [7, 11) is 0. The first kappa shape index (κ1) is 18.1. The summed E-state index contributed by atoms with van der Waals surface area (Å²) in [4.78, 5) is 44.4. The summed E-state index contributed by atoms with van der Waals surface area (Å²) in [5, 5.41) is 5.69. The second-order valence-electron chi connectivity index (χ2n) is 7.66. The van der Waals surface area contributed by atoms with Crippen LogP contribution in [0.3, 0.4) is 0 Å². The van der Waals surface area contributed by atoms with E-state index in [0.717, 1.165) is 51.1 Å². The van der Waals surface area contributed by atoms with Gasteiger partial charge in [-0.25, -0.2) is 4.79 Å². The lowest BCUT2D eigenvalue weighted by atomic mass is 9.80. The van der Waals surface area contributed by atoms with Crippen molar-refractivity contribution in [1.29, 1.82) is 0 Å². The van der Waals surface area contributed by atoms with Crippen LogP contribution in [-0.2, 0) is 23.2 Å². The van der Waals surface area contributed by atoms with Gasteiger partial charge in [0.2, 0.25) is 0 Å². The van der Waals surface area contributed by atoms with Crippen molar-refractivity contribution in [1.82, 2.24) is 15.2 Å². The Hall–Kier alpha value is -2.93. The van der Waals surface area contributed by atoms with Crippen molar-refractivity contribution < 1.29 is 14.4 Å². The maximum absolute atomic E-state index is 13.3. The number of thiophene rings is 1. The van der Waals surface area contributed by atoms with E-state index in [0.29, 0.717) is 12.0 Å². The number of amides is 3. The molecule has 7 heteroatoms. The van der Waals surface area contributed by atoms with Crippen molar-refractivity contribution in [2.24, 2.45) is 0 Å². The van der Waals surface area contributed by atoms with Crippen LogP contribution in [0, 0.1) is 0 Å². The molecule has 1 aromatic carbocycles. The van der Waals surface area contributed by atoms with Crippen molar-refractivity contribution in [3.05, 3.63) is 57.4 Å². The minimum absolute atomic E-state index is 0.244. The maximum atomic E-state index is 13.3. The fourth-order valence-corrected chi connectivity index (χ4v) is 5.66. The number of carbonyl (C=O) groups excluding carboxylic acids is 3. The highest BCUT2D eigenvalue weighted by Gasteiger charge is 2.54. The van der Waals surface area contributed by atoms with Crippen molar-refractivity contribution in [3.8, 4) is 0 Å². The first-order chi connectivity index (χ1) is 14.0. The minimum Gasteiger partial charge on any atom is -0.360 e. The number of ketones is 1. The Labute approximate surface area is 171 Å². The number of rotatable bonds is 4. The van der Waals surface area contributed by atoms with E-state index in [4.69, 9.17) is 0 Å². The minimum atomic E-state index is -1.01. The van der Waals surface area contributed by atoms with Crippen molar-refractivity contribution >= 4 is 40.0 Å². The molecule has 2 aromatic heterocycles. The third kappa shape index (κ3) is 2.57. The summed E-state index contributed by atoms with van der Waals surface area (Å²) in [5.74, 6) is -0.560. The third-order valence-electron chi connectivity index (χ3n) is 6.12. The topological polar surface area (TPSA) is 82.3 Å². The van der Waals surface area contributed by atoms with E-state index >= 15 is 0 Å². The van der Waals surface area contributed by atoms with Gasteiger partial charge in [0.05, 0.1) is 6.54 Å². The first-order valence-corrected chi connectivity index (χ1v) is 10.8. The van der Waals surface area contributed by atoms with E-state index in [1.807, 2.05) is 29.6 Å². The SMILES string of the molecule is CCc1cccc2c(C(=O)CN3C(=O)N[C@@]4(CCCc5sccc54)C3=O)c[nH]c12. The lowest BCUT2D eigenvalue weighted by Gasteiger charge is -2.31. The smallest absolute Gasteiger partial charge is 0.325 e. The molecule has 0 saturated carbocycles. The molecule has 1 fully saturated rings. The number of nitrogens with zero attached hydrogens (tertiary/aromatic N) is 1. The second kappa shape index (κ2) is 6.56. The van der Waals surface area contributed by atoms with Crippen LogP contribution in [0.5, 0.6) is 0 Å². The molecule has 0 bridgehead atoms. The largest absolute Gasteiger partial charge is 0.360 e. The molecule has 29 heavy (non-hydrogen) atoms. The molecule has 1 aliphatic heterocycles. The molecule has 3 aromatic rings. The number of Topliss-reactive ketones (excluding diaryl/α,β-unsaturated/α-hetero) is 1. The number of aromatic amines is 1. The van der Waals surface area contributed by atoms with E-state index < -0.39 is 11.6 Å². The molecule has 5 rings (SSSR count). The lowest BCUT2D eigenvalue weighted by Crippen LogP contribution is -2.46. The Morgan fingerprint density at radius 1 is 1.28 bits per heavy atom. The quantitative estimate of drug-likeness (QED) is 0.510. The van der Waals surface area contributed by atoms with Crippen LogP contribution in [0.4, 0.5) is 4.79 Å². The number of aromatic nitrogens is 1. The zero-order chi connectivity index (χ0) is 20.2. The fourth-order valence-electron chi connectivity index (χ4n) is 4.66. The van der Waals surface area contributed by atoms with Gasteiger partial charge in [0.25, 0.3) is 5.91 Å². The van der Waals surface area contributed by atoms with Crippen LogP contribution in [0.1, 0.15) is 46.1 Å². The van der Waals surface area contributed by atoms with Gasteiger partial charge in [0, 0.05) is 33.1 Å². The summed E-state index contributed by atoms with van der Waals surface area (Å²) >= 11 is 1.61. The molecule has 3 amide bonds. The highest BCUT2D eigenvalue weighted by atomic mass is 32.1. The number of benzene rings is 1. The van der Waals surface area contributed by atoms with Crippen molar-refractivity contribution in [3.63, 3.8) is 0 Å². The molecule has 1 saturated heterocycles. The average molecular weight is 407 g/mol. The molecular formula is C22H21N3O3S. The van der Waals surface area contributed by atoms with Gasteiger partial charge in [-0.3, -0.25) is 14.5 Å². The Bertz CT molecular complexity index is 1160. The monoisotopic (exact) mass is 407 g/mol. The Morgan fingerprint density at radius 2 is 2.14 bits per heavy atom. The van der Waals surface area contributed by atoms with Gasteiger partial charge in [-0.15, -0.1) is 11.3 Å². The Kier molecular flexibility index (Phi) is 4.10. The average Bonchev–Trinajstić information content (AvgIpc) is 3.42. The van der Waals surface area contributed by atoms with Gasteiger partial charge in [0.1, 0.15) is 5.54 Å². The molecule has 2 N–H and O–H groups in total. The van der Waals surface area contributed by atoms with E-state index in [-0.39, 0.29) is 18.2 Å². The van der Waals surface area contributed by atoms with Crippen molar-refractivity contribution in [2.75, 3.05) is 6.54 Å². The number of H-pyrrole nitrogens is 1. The number of fused-ring (bicyclic) bond motifs is 3. The molecular weight excluding hydrogens is 386 g/mol. The molecule has 1 atom stereocenters. The van der Waals surface area contributed by atoms with Crippen LogP contribution in [0.25, 0.3) is 10.9 Å². The summed E-state index contributed by atoms with van der Waals surface area (Å²) in [5.41, 5.74) is 2.45. The molecule has 1 aliphatic carbocycles. The predicted octanol–water partition coefficient (Wildman–Crippen LogP) is 3.76. The van der Waals surface area contributed by atoms with Crippen LogP contribution in [0.15, 0.2) is 35.8 Å². The first-order valence-electron chi connectivity index (χ1n) is 9.88. The lowest BCUT2D eigenvalue weighted by molar-refractivity contribution is -0.131. The van der Waals surface area contributed by atoms with E-state index in [1.54, 1.807) is 17.5 Å². The van der Waals surface area contributed by atoms with Gasteiger partial charge in [-0.2, -0.15) is 0 Å². The molecule has 6 nitrogen and oxygen atoms in total. The zero-order valence-electron chi connectivity index (χ0n) is 16.1. The maximum Gasteiger partial charge on any atom is 0.325 e. The molecule has 148 valence electrons. The fraction of sp³-hybridized carbons (Fsp3) is 0.318. The van der Waals surface area contributed by atoms with Gasteiger partial charge in [-0.05, 0) is 42.7 Å². The number of aryl methyl sites for hydroxylation is 2. The Balaban J connectivity index is 1.46. The van der Waals surface area contributed by atoms with Crippen LogP contribution < -0.4 is 5.32 Å². The summed E-state index contributed by atoms with van der Waals surface area (Å²) in [6.07, 6.45) is 4.86. The predicted molar refractivity (Wildman–Crippen MR) is 111 cm³/mol. The molecule has 3 heterocycles. The number of hydrogen-bond acceptors (Lipinski definition) is 4. The van der Waals surface area contributed by atoms with Crippen molar-refractivity contribution in [2.45, 2.75) is 38.1 Å². The normalized spacial score (nSPS) is 21.1. The molecule has 1 spiro atoms. The summed E-state index contributed by atoms with van der Waals surface area (Å²) < 4.78 is 0. The number of hydrogen-bond donors (Lipinski definition) is 2. The van der Waals surface area contributed by atoms with Gasteiger partial charge >= 0.3 is 6.03 Å². The third-order valence-corrected chi connectivity index (χ3v) is 7.10. The molecule has 0 radical (unpaired) electrons. The number of urea groups is 1. The Morgan fingerprint density at radius 3 is 2.97 bits per heavy atom. The molecule has 2 aliphatic rings. The van der Waals surface area contributed by atoms with Gasteiger partial charge in [-0.1, -0.05) is 25.1 Å². The highest BCUT2D eigenvalue weighted by molar-refractivity contribution is 7.10. The highest BCUT2D eigenvalue weighted by Crippen LogP contribution is 2.42. The number of para-hydroxylation sites is 1. The van der Waals surface area contributed by atoms with E-state index in [1.165, 1.54) is 0 Å². The van der Waals surface area contributed by atoms with Crippen LogP contribution in [-0.4, -0.2) is 34.2 Å². The van der Waals surface area contributed by atoms with E-state index in [9.17, 15) is 14.4 Å². The van der Waals surface area contributed by atoms with E-state index in [2.05, 4.69) is 17.2 Å². The van der Waals surface area contributed by atoms with Crippen LogP contribution >= 0.6 is 11.3 Å². The van der Waals surface area contributed by atoms with Gasteiger partial charge in [0.15, 0.2) is 5.78 Å². The summed E-state index contributed by atoms with van der Waals surface area (Å²) in [6.45, 7) is 1.81.